The molecule has 2 aliphatic carbocycles. The number of hydrogen-bond acceptors (Lipinski definition) is 6. The zero-order valence-corrected chi connectivity index (χ0v) is 24.8. The molecule has 218 valence electrons. The van der Waals surface area contributed by atoms with Crippen LogP contribution in [0.3, 0.4) is 0 Å². The second-order valence-electron chi connectivity index (χ2n) is 11.5. The van der Waals surface area contributed by atoms with Crippen LogP contribution in [0.4, 0.5) is 5.69 Å². The predicted molar refractivity (Wildman–Crippen MR) is 165 cm³/mol. The molecule has 0 heterocycles. The standard InChI is InChI=1S/C34H44N4O3/c1-5-37(36-3)22-24(2)28-7-6-8-31(20-28)38(34(40)27-13-16-32(39)17-14-27)23-25-9-11-26(12-10-25)29-15-18-33(41-4)30(19-29)21-35/h6-8,15,18-20,22,25-27,32,39H,3,5,9-14,16-17,23H2,1-2,4H3/b24-22+/t25-,26-,27-,32-. The monoisotopic (exact) mass is 556 g/mol. The molecular formula is C34H44N4O3. The van der Waals surface area contributed by atoms with Crippen LogP contribution in [0.1, 0.15) is 87.8 Å². The Morgan fingerprint density at radius 3 is 2.49 bits per heavy atom. The summed E-state index contributed by atoms with van der Waals surface area (Å²) in [5, 5.41) is 25.4. The number of ether oxygens (including phenoxy) is 1. The molecule has 0 unspecified atom stereocenters. The number of aliphatic hydroxyl groups is 1. The Morgan fingerprint density at radius 2 is 1.85 bits per heavy atom. The molecule has 0 aromatic heterocycles. The fraction of sp³-hybridized carbons (Fsp3) is 0.500. The number of anilines is 1. The van der Waals surface area contributed by atoms with Crippen LogP contribution >= 0.6 is 0 Å². The van der Waals surface area contributed by atoms with Gasteiger partial charge in [-0.3, -0.25) is 9.80 Å². The molecule has 2 aliphatic rings. The Bertz CT molecular complexity index is 1270. The first kappa shape index (κ1) is 30.3. The van der Waals surface area contributed by atoms with Crippen molar-refractivity contribution in [3.05, 3.63) is 65.4 Å². The predicted octanol–water partition coefficient (Wildman–Crippen LogP) is 6.72. The first-order valence-corrected chi connectivity index (χ1v) is 15.0. The van der Waals surface area contributed by atoms with Crippen molar-refractivity contribution in [3.8, 4) is 11.8 Å². The van der Waals surface area contributed by atoms with Gasteiger partial charge in [-0.1, -0.05) is 18.2 Å². The second kappa shape index (κ2) is 14.3. The van der Waals surface area contributed by atoms with E-state index < -0.39 is 0 Å². The number of carbonyl (C=O) groups excluding carboxylic acids is 1. The van der Waals surface area contributed by atoms with Crippen LogP contribution in [-0.4, -0.2) is 49.0 Å². The Balaban J connectivity index is 1.52. The van der Waals surface area contributed by atoms with E-state index in [0.29, 0.717) is 42.5 Å². The molecule has 0 aliphatic heterocycles. The van der Waals surface area contributed by atoms with Gasteiger partial charge in [-0.2, -0.15) is 10.4 Å². The van der Waals surface area contributed by atoms with Crippen LogP contribution < -0.4 is 9.64 Å². The lowest BCUT2D eigenvalue weighted by molar-refractivity contribution is -0.124. The van der Waals surface area contributed by atoms with Gasteiger partial charge in [0.1, 0.15) is 11.8 Å². The second-order valence-corrected chi connectivity index (χ2v) is 11.5. The molecule has 0 saturated heterocycles. The van der Waals surface area contributed by atoms with Crippen molar-refractivity contribution < 1.29 is 14.6 Å². The summed E-state index contributed by atoms with van der Waals surface area (Å²) in [4.78, 5) is 16.0. The largest absolute Gasteiger partial charge is 0.495 e. The van der Waals surface area contributed by atoms with Crippen molar-refractivity contribution >= 4 is 23.9 Å². The molecule has 1 N–H and O–H groups in total. The highest BCUT2D eigenvalue weighted by Gasteiger charge is 2.32. The lowest BCUT2D eigenvalue weighted by Crippen LogP contribution is -2.41. The molecule has 0 radical (unpaired) electrons. The molecule has 0 spiro atoms. The topological polar surface area (TPSA) is 89.2 Å². The highest BCUT2D eigenvalue weighted by atomic mass is 16.5. The highest BCUT2D eigenvalue weighted by molar-refractivity contribution is 5.95. The van der Waals surface area contributed by atoms with Gasteiger partial charge in [-0.25, -0.2) is 0 Å². The molecule has 2 aromatic carbocycles. The summed E-state index contributed by atoms with van der Waals surface area (Å²) in [6, 6.07) is 16.5. The number of aliphatic hydroxyl groups excluding tert-OH is 1. The Hall–Kier alpha value is -3.63. The first-order chi connectivity index (χ1) is 19.9. The molecule has 0 atom stereocenters. The van der Waals surface area contributed by atoms with Crippen molar-refractivity contribution in [2.45, 2.75) is 77.2 Å². The molecule has 4 rings (SSSR count). The van der Waals surface area contributed by atoms with Gasteiger partial charge in [0.25, 0.3) is 0 Å². The van der Waals surface area contributed by atoms with Gasteiger partial charge in [0, 0.05) is 37.6 Å². The number of amides is 1. The fourth-order valence-electron chi connectivity index (χ4n) is 6.32. The van der Waals surface area contributed by atoms with Gasteiger partial charge in [-0.15, -0.1) is 0 Å². The summed E-state index contributed by atoms with van der Waals surface area (Å²) in [7, 11) is 1.59. The van der Waals surface area contributed by atoms with Crippen LogP contribution in [0.2, 0.25) is 0 Å². The SMILES string of the molecule is C=NN(/C=C(\C)c1cccc(N(C[C@H]2CC[C@H](c3ccc(OC)c(C#N)c3)CC2)C(=O)[C@H]2CC[C@H](O)CC2)c1)CC. The number of hydrogen-bond donors (Lipinski definition) is 1. The van der Waals surface area contributed by atoms with Crippen LogP contribution in [-0.2, 0) is 4.79 Å². The summed E-state index contributed by atoms with van der Waals surface area (Å²) >= 11 is 0. The molecule has 7 nitrogen and oxygen atoms in total. The van der Waals surface area contributed by atoms with Crippen molar-refractivity contribution in [3.63, 3.8) is 0 Å². The maximum atomic E-state index is 14.0. The van der Waals surface area contributed by atoms with Gasteiger partial charge >= 0.3 is 0 Å². The molecule has 2 fully saturated rings. The number of nitrogens with zero attached hydrogens (tertiary/aromatic N) is 4. The molecule has 1 amide bonds. The van der Waals surface area contributed by atoms with Gasteiger partial charge in [0.15, 0.2) is 0 Å². The van der Waals surface area contributed by atoms with E-state index in [2.05, 4.69) is 43.0 Å². The Morgan fingerprint density at radius 1 is 1.12 bits per heavy atom. The summed E-state index contributed by atoms with van der Waals surface area (Å²) in [5.41, 5.74) is 4.82. The molecule has 2 aromatic rings. The van der Waals surface area contributed by atoms with E-state index in [1.54, 1.807) is 12.1 Å². The van der Waals surface area contributed by atoms with Crippen LogP contribution in [0.15, 0.2) is 53.8 Å². The zero-order chi connectivity index (χ0) is 29.4. The van der Waals surface area contributed by atoms with Gasteiger partial charge in [-0.05, 0) is 118 Å². The number of nitriles is 1. The van der Waals surface area contributed by atoms with Crippen molar-refractivity contribution in [2.75, 3.05) is 25.1 Å². The number of rotatable bonds is 10. The van der Waals surface area contributed by atoms with E-state index >= 15 is 0 Å². The maximum Gasteiger partial charge on any atom is 0.230 e. The van der Waals surface area contributed by atoms with E-state index in [0.717, 1.165) is 61.9 Å². The van der Waals surface area contributed by atoms with Crippen LogP contribution in [0, 0.1) is 23.2 Å². The van der Waals surface area contributed by atoms with Gasteiger partial charge in [0.2, 0.25) is 5.91 Å². The molecule has 7 heteroatoms. The minimum Gasteiger partial charge on any atom is -0.495 e. The third-order valence-electron chi connectivity index (χ3n) is 8.88. The normalized spacial score (nSPS) is 22.9. The number of allylic oxidation sites excluding steroid dienone is 1. The minimum absolute atomic E-state index is 0.0562. The van der Waals surface area contributed by atoms with Crippen LogP contribution in [0.25, 0.3) is 5.57 Å². The third-order valence-corrected chi connectivity index (χ3v) is 8.88. The van der Waals surface area contributed by atoms with Gasteiger partial charge < -0.3 is 14.7 Å². The third kappa shape index (κ3) is 7.56. The fourth-order valence-corrected chi connectivity index (χ4v) is 6.32. The molecule has 2 saturated carbocycles. The number of methoxy groups -OCH3 is 1. The summed E-state index contributed by atoms with van der Waals surface area (Å²) in [5.74, 6) is 1.54. The Kier molecular flexibility index (Phi) is 10.6. The van der Waals surface area contributed by atoms with Crippen molar-refractivity contribution in [2.24, 2.45) is 16.9 Å². The van der Waals surface area contributed by atoms with Crippen molar-refractivity contribution in [1.82, 2.24) is 5.01 Å². The Labute approximate surface area is 245 Å². The maximum absolute atomic E-state index is 14.0. The lowest BCUT2D eigenvalue weighted by atomic mass is 9.78. The lowest BCUT2D eigenvalue weighted by Gasteiger charge is -2.36. The van der Waals surface area contributed by atoms with E-state index in [4.69, 9.17) is 4.74 Å². The molecule has 0 bridgehead atoms. The van der Waals surface area contributed by atoms with Crippen LogP contribution in [0.5, 0.6) is 5.75 Å². The number of carbonyl (C=O) groups is 1. The summed E-state index contributed by atoms with van der Waals surface area (Å²) < 4.78 is 5.33. The summed E-state index contributed by atoms with van der Waals surface area (Å²) in [6.07, 6.45) is 8.65. The molecular weight excluding hydrogens is 512 g/mol. The summed E-state index contributed by atoms with van der Waals surface area (Å²) in [6.45, 7) is 9.16. The minimum atomic E-state index is -0.293. The zero-order valence-electron chi connectivity index (χ0n) is 24.8. The highest BCUT2D eigenvalue weighted by Crippen LogP contribution is 2.39. The van der Waals surface area contributed by atoms with E-state index in [-0.39, 0.29) is 17.9 Å². The van der Waals surface area contributed by atoms with E-state index in [1.165, 1.54) is 5.56 Å². The average molecular weight is 557 g/mol. The number of benzene rings is 2. The van der Waals surface area contributed by atoms with E-state index in [1.807, 2.05) is 42.3 Å². The van der Waals surface area contributed by atoms with Crippen molar-refractivity contribution in [1.29, 1.82) is 5.26 Å². The average Bonchev–Trinajstić information content (AvgIpc) is 3.02. The molecule has 41 heavy (non-hydrogen) atoms. The first-order valence-electron chi connectivity index (χ1n) is 15.0. The quantitative estimate of drug-likeness (QED) is 0.259. The number of hydrazone groups is 1. The van der Waals surface area contributed by atoms with E-state index in [9.17, 15) is 15.2 Å². The smallest absolute Gasteiger partial charge is 0.230 e. The van der Waals surface area contributed by atoms with Gasteiger partial charge in [0.05, 0.1) is 18.8 Å².